The first-order valence-electron chi connectivity index (χ1n) is 6.58. The molecule has 106 valence electrons. The summed E-state index contributed by atoms with van der Waals surface area (Å²) >= 11 is 0. The lowest BCUT2D eigenvalue weighted by Crippen LogP contribution is -2.31. The van der Waals surface area contributed by atoms with E-state index in [1.54, 1.807) is 0 Å². The SMILES string of the molecule is CC(C)NC(=O)CCOc1ccc(NCCN)cc1. The maximum atomic E-state index is 11.4. The number of nitrogens with two attached hydrogens (primary N) is 1. The fourth-order valence-electron chi connectivity index (χ4n) is 1.54. The Morgan fingerprint density at radius 2 is 2.00 bits per heavy atom. The highest BCUT2D eigenvalue weighted by atomic mass is 16.5. The van der Waals surface area contributed by atoms with E-state index in [1.807, 2.05) is 38.1 Å². The fraction of sp³-hybridized carbons (Fsp3) is 0.500. The van der Waals surface area contributed by atoms with Gasteiger partial charge < -0.3 is 21.1 Å². The molecule has 1 rings (SSSR count). The van der Waals surface area contributed by atoms with E-state index >= 15 is 0 Å². The van der Waals surface area contributed by atoms with Crippen LogP contribution in [0.2, 0.25) is 0 Å². The summed E-state index contributed by atoms with van der Waals surface area (Å²) in [4.78, 5) is 11.4. The van der Waals surface area contributed by atoms with Gasteiger partial charge in [0.05, 0.1) is 13.0 Å². The molecular formula is C14H23N3O2. The molecule has 5 heteroatoms. The first-order chi connectivity index (χ1) is 9.11. The van der Waals surface area contributed by atoms with Crippen LogP contribution in [0.5, 0.6) is 5.75 Å². The Morgan fingerprint density at radius 1 is 1.32 bits per heavy atom. The Labute approximate surface area is 114 Å². The van der Waals surface area contributed by atoms with Crippen molar-refractivity contribution >= 4 is 11.6 Å². The predicted octanol–water partition coefficient (Wildman–Crippen LogP) is 1.35. The predicted molar refractivity (Wildman–Crippen MR) is 77.4 cm³/mol. The molecule has 1 amide bonds. The van der Waals surface area contributed by atoms with Gasteiger partial charge in [0.1, 0.15) is 5.75 Å². The number of anilines is 1. The summed E-state index contributed by atoms with van der Waals surface area (Å²) in [6.45, 7) is 5.60. The molecule has 0 aliphatic carbocycles. The summed E-state index contributed by atoms with van der Waals surface area (Å²) in [5.41, 5.74) is 6.42. The minimum absolute atomic E-state index is 0.0104. The molecule has 0 aromatic heterocycles. The van der Waals surface area contributed by atoms with Crippen LogP contribution in [0.15, 0.2) is 24.3 Å². The van der Waals surface area contributed by atoms with Gasteiger partial charge in [-0.15, -0.1) is 0 Å². The molecule has 0 heterocycles. The summed E-state index contributed by atoms with van der Waals surface area (Å²) in [7, 11) is 0. The fourth-order valence-corrected chi connectivity index (χ4v) is 1.54. The molecule has 4 N–H and O–H groups in total. The normalized spacial score (nSPS) is 10.3. The third-order valence-corrected chi connectivity index (χ3v) is 2.38. The summed E-state index contributed by atoms with van der Waals surface area (Å²) in [5.74, 6) is 0.770. The van der Waals surface area contributed by atoms with E-state index in [0.717, 1.165) is 18.0 Å². The van der Waals surface area contributed by atoms with Crippen molar-refractivity contribution in [2.24, 2.45) is 5.73 Å². The van der Waals surface area contributed by atoms with Crippen molar-refractivity contribution in [1.82, 2.24) is 5.32 Å². The van der Waals surface area contributed by atoms with Gasteiger partial charge in [0.15, 0.2) is 0 Å². The number of nitrogens with one attached hydrogen (secondary N) is 2. The molecule has 0 aliphatic rings. The second-order valence-corrected chi connectivity index (χ2v) is 4.56. The number of ether oxygens (including phenoxy) is 1. The third kappa shape index (κ3) is 6.67. The Morgan fingerprint density at radius 3 is 2.58 bits per heavy atom. The summed E-state index contributed by atoms with van der Waals surface area (Å²) < 4.78 is 5.50. The first kappa shape index (κ1) is 15.3. The molecule has 0 spiro atoms. The zero-order valence-corrected chi connectivity index (χ0v) is 11.6. The van der Waals surface area contributed by atoms with Gasteiger partial charge in [0, 0.05) is 24.8 Å². The van der Waals surface area contributed by atoms with Crippen molar-refractivity contribution in [1.29, 1.82) is 0 Å². The van der Waals surface area contributed by atoms with Gasteiger partial charge in [-0.3, -0.25) is 4.79 Å². The van der Waals surface area contributed by atoms with Crippen LogP contribution in [0.3, 0.4) is 0 Å². The van der Waals surface area contributed by atoms with E-state index in [-0.39, 0.29) is 11.9 Å². The lowest BCUT2D eigenvalue weighted by molar-refractivity contribution is -0.122. The maximum absolute atomic E-state index is 11.4. The minimum atomic E-state index is 0.0104. The highest BCUT2D eigenvalue weighted by Crippen LogP contribution is 2.15. The van der Waals surface area contributed by atoms with E-state index in [2.05, 4.69) is 10.6 Å². The average molecular weight is 265 g/mol. The Hall–Kier alpha value is -1.75. The van der Waals surface area contributed by atoms with Gasteiger partial charge in [-0.1, -0.05) is 0 Å². The molecule has 0 aliphatic heterocycles. The van der Waals surface area contributed by atoms with Crippen molar-refractivity contribution in [3.8, 4) is 5.75 Å². The van der Waals surface area contributed by atoms with E-state index < -0.39 is 0 Å². The topological polar surface area (TPSA) is 76.4 Å². The van der Waals surface area contributed by atoms with Crippen molar-refractivity contribution in [3.05, 3.63) is 24.3 Å². The molecule has 19 heavy (non-hydrogen) atoms. The van der Waals surface area contributed by atoms with Crippen LogP contribution in [0.25, 0.3) is 0 Å². The largest absolute Gasteiger partial charge is 0.493 e. The number of amides is 1. The van der Waals surface area contributed by atoms with Crippen LogP contribution in [0, 0.1) is 0 Å². The number of hydrogen-bond acceptors (Lipinski definition) is 4. The Balaban J connectivity index is 2.28. The van der Waals surface area contributed by atoms with Gasteiger partial charge in [0.25, 0.3) is 0 Å². The molecular weight excluding hydrogens is 242 g/mol. The number of carbonyl (C=O) groups excluding carboxylic acids is 1. The standard InChI is InChI=1S/C14H23N3O2/c1-11(2)17-14(18)7-10-19-13-5-3-12(4-6-13)16-9-8-15/h3-6,11,16H,7-10,15H2,1-2H3,(H,17,18). The van der Waals surface area contributed by atoms with Gasteiger partial charge in [-0.2, -0.15) is 0 Å². The molecule has 1 aromatic carbocycles. The number of carbonyl (C=O) groups is 1. The molecule has 1 aromatic rings. The highest BCUT2D eigenvalue weighted by Gasteiger charge is 2.03. The lowest BCUT2D eigenvalue weighted by Gasteiger charge is -2.10. The van der Waals surface area contributed by atoms with Crippen LogP contribution >= 0.6 is 0 Å². The Bertz CT molecular complexity index is 377. The molecule has 0 saturated carbocycles. The third-order valence-electron chi connectivity index (χ3n) is 2.38. The second kappa shape index (κ2) is 8.37. The minimum Gasteiger partial charge on any atom is -0.493 e. The van der Waals surface area contributed by atoms with Crippen LogP contribution in [0.1, 0.15) is 20.3 Å². The quantitative estimate of drug-likeness (QED) is 0.663. The summed E-state index contributed by atoms with van der Waals surface area (Å²) in [5, 5.41) is 5.99. The van der Waals surface area contributed by atoms with Gasteiger partial charge in [-0.25, -0.2) is 0 Å². The van der Waals surface area contributed by atoms with Crippen molar-refractivity contribution in [2.45, 2.75) is 26.3 Å². The van der Waals surface area contributed by atoms with Crippen LogP contribution in [0.4, 0.5) is 5.69 Å². The van der Waals surface area contributed by atoms with Crippen LogP contribution < -0.4 is 21.1 Å². The number of hydrogen-bond donors (Lipinski definition) is 3. The Kier molecular flexibility index (Phi) is 6.74. The average Bonchev–Trinajstić information content (AvgIpc) is 2.37. The zero-order chi connectivity index (χ0) is 14.1. The van der Waals surface area contributed by atoms with Crippen molar-refractivity contribution in [3.63, 3.8) is 0 Å². The van der Waals surface area contributed by atoms with E-state index in [4.69, 9.17) is 10.5 Å². The van der Waals surface area contributed by atoms with Crippen LogP contribution in [-0.2, 0) is 4.79 Å². The molecule has 0 bridgehead atoms. The monoisotopic (exact) mass is 265 g/mol. The second-order valence-electron chi connectivity index (χ2n) is 4.56. The molecule has 5 nitrogen and oxygen atoms in total. The van der Waals surface area contributed by atoms with E-state index in [0.29, 0.717) is 19.6 Å². The van der Waals surface area contributed by atoms with Crippen molar-refractivity contribution < 1.29 is 9.53 Å². The highest BCUT2D eigenvalue weighted by molar-refractivity contribution is 5.76. The summed E-state index contributed by atoms with van der Waals surface area (Å²) in [6, 6.07) is 7.77. The van der Waals surface area contributed by atoms with Gasteiger partial charge in [-0.05, 0) is 38.1 Å². The lowest BCUT2D eigenvalue weighted by atomic mass is 10.3. The maximum Gasteiger partial charge on any atom is 0.223 e. The van der Waals surface area contributed by atoms with Gasteiger partial charge in [0.2, 0.25) is 5.91 Å². The molecule has 0 unspecified atom stereocenters. The summed E-state index contributed by atoms with van der Waals surface area (Å²) in [6.07, 6.45) is 0.366. The first-order valence-corrected chi connectivity index (χ1v) is 6.58. The van der Waals surface area contributed by atoms with E-state index in [9.17, 15) is 4.79 Å². The zero-order valence-electron chi connectivity index (χ0n) is 11.6. The van der Waals surface area contributed by atoms with Crippen LogP contribution in [-0.4, -0.2) is 31.6 Å². The number of rotatable bonds is 8. The van der Waals surface area contributed by atoms with E-state index in [1.165, 1.54) is 0 Å². The molecule has 0 atom stereocenters. The van der Waals surface area contributed by atoms with Crippen molar-refractivity contribution in [2.75, 3.05) is 25.0 Å². The molecule has 0 radical (unpaired) electrons. The molecule has 0 saturated heterocycles. The van der Waals surface area contributed by atoms with Gasteiger partial charge >= 0.3 is 0 Å². The smallest absolute Gasteiger partial charge is 0.223 e. The number of benzene rings is 1. The molecule has 0 fully saturated rings.